The van der Waals surface area contributed by atoms with Crippen LogP contribution in [0.4, 0.5) is 0 Å². The van der Waals surface area contributed by atoms with Crippen LogP contribution in [0.25, 0.3) is 11.4 Å². The van der Waals surface area contributed by atoms with Crippen LogP contribution < -0.4 is 5.56 Å². The average molecular weight is 312 g/mol. The molecule has 1 aromatic heterocycles. The molecule has 0 bridgehead atoms. The Labute approximate surface area is 137 Å². The van der Waals surface area contributed by atoms with E-state index in [4.69, 9.17) is 0 Å². The molecule has 1 saturated heterocycles. The van der Waals surface area contributed by atoms with Gasteiger partial charge in [0.05, 0.1) is 5.69 Å². The van der Waals surface area contributed by atoms with Gasteiger partial charge in [-0.1, -0.05) is 30.3 Å². The van der Waals surface area contributed by atoms with E-state index in [0.717, 1.165) is 44.0 Å². The fourth-order valence-electron chi connectivity index (χ4n) is 2.99. The van der Waals surface area contributed by atoms with E-state index in [-0.39, 0.29) is 5.56 Å². The molecular formula is C18H24N4O. The van der Waals surface area contributed by atoms with Gasteiger partial charge < -0.3 is 4.98 Å². The predicted molar refractivity (Wildman–Crippen MR) is 92.3 cm³/mol. The molecule has 0 unspecified atom stereocenters. The smallest absolute Gasteiger partial charge is 0.251 e. The number of piperazine rings is 1. The molecule has 1 aromatic carbocycles. The number of hydrogen-bond donors (Lipinski definition) is 1. The summed E-state index contributed by atoms with van der Waals surface area (Å²) >= 11 is 0. The van der Waals surface area contributed by atoms with Crippen molar-refractivity contribution in [2.45, 2.75) is 26.4 Å². The minimum absolute atomic E-state index is 0.0883. The van der Waals surface area contributed by atoms with Gasteiger partial charge in [0, 0.05) is 50.4 Å². The third kappa shape index (κ3) is 4.06. The minimum atomic E-state index is -0.0883. The summed E-state index contributed by atoms with van der Waals surface area (Å²) in [6, 6.07) is 12.0. The zero-order chi connectivity index (χ0) is 16.2. The summed E-state index contributed by atoms with van der Waals surface area (Å²) in [7, 11) is 0. The van der Waals surface area contributed by atoms with Crippen LogP contribution in [0.1, 0.15) is 19.5 Å². The van der Waals surface area contributed by atoms with Crippen LogP contribution in [0.2, 0.25) is 0 Å². The molecule has 1 fully saturated rings. The molecule has 0 aliphatic carbocycles. The molecule has 2 aromatic rings. The van der Waals surface area contributed by atoms with Gasteiger partial charge in [-0.05, 0) is 13.8 Å². The standard InChI is InChI=1S/C18H24N4O/c1-14(2)22-10-8-21(9-11-22)13-16-12-17(23)20-18(19-16)15-6-4-3-5-7-15/h3-7,12,14H,8-11,13H2,1-2H3,(H,19,20,23). The highest BCUT2D eigenvalue weighted by Crippen LogP contribution is 2.14. The van der Waals surface area contributed by atoms with Crippen LogP contribution in [-0.2, 0) is 6.54 Å². The highest BCUT2D eigenvalue weighted by Gasteiger charge is 2.19. The molecule has 0 saturated carbocycles. The van der Waals surface area contributed by atoms with Crippen molar-refractivity contribution in [2.75, 3.05) is 26.2 Å². The molecule has 0 atom stereocenters. The van der Waals surface area contributed by atoms with Crippen molar-refractivity contribution in [3.63, 3.8) is 0 Å². The van der Waals surface area contributed by atoms with Gasteiger partial charge in [-0.2, -0.15) is 0 Å². The van der Waals surface area contributed by atoms with E-state index in [1.165, 1.54) is 0 Å². The fraction of sp³-hybridized carbons (Fsp3) is 0.444. The first kappa shape index (κ1) is 15.9. The van der Waals surface area contributed by atoms with Gasteiger partial charge in [0.25, 0.3) is 5.56 Å². The lowest BCUT2D eigenvalue weighted by molar-refractivity contribution is 0.103. The Morgan fingerprint density at radius 1 is 1.13 bits per heavy atom. The summed E-state index contributed by atoms with van der Waals surface area (Å²) in [4.78, 5) is 24.3. The molecule has 0 radical (unpaired) electrons. The first-order valence-corrected chi connectivity index (χ1v) is 8.24. The van der Waals surface area contributed by atoms with Crippen molar-refractivity contribution in [3.05, 3.63) is 52.4 Å². The van der Waals surface area contributed by atoms with E-state index >= 15 is 0 Å². The molecule has 2 heterocycles. The number of hydrogen-bond acceptors (Lipinski definition) is 4. The molecular weight excluding hydrogens is 288 g/mol. The summed E-state index contributed by atoms with van der Waals surface area (Å²) in [6.45, 7) is 9.40. The molecule has 3 rings (SSSR count). The number of aromatic nitrogens is 2. The Morgan fingerprint density at radius 3 is 2.48 bits per heavy atom. The van der Waals surface area contributed by atoms with Crippen molar-refractivity contribution >= 4 is 0 Å². The van der Waals surface area contributed by atoms with Gasteiger partial charge in [0.1, 0.15) is 5.82 Å². The van der Waals surface area contributed by atoms with E-state index in [9.17, 15) is 4.79 Å². The van der Waals surface area contributed by atoms with Crippen LogP contribution in [0, 0.1) is 0 Å². The van der Waals surface area contributed by atoms with E-state index in [1.54, 1.807) is 6.07 Å². The van der Waals surface area contributed by atoms with Gasteiger partial charge in [-0.3, -0.25) is 14.6 Å². The summed E-state index contributed by atoms with van der Waals surface area (Å²) in [5.74, 6) is 0.647. The van der Waals surface area contributed by atoms with E-state index in [1.807, 2.05) is 30.3 Å². The van der Waals surface area contributed by atoms with Gasteiger partial charge in [-0.25, -0.2) is 4.98 Å². The van der Waals surface area contributed by atoms with Crippen LogP contribution in [0.5, 0.6) is 0 Å². The summed E-state index contributed by atoms with van der Waals surface area (Å²) in [6.07, 6.45) is 0. The molecule has 0 spiro atoms. The van der Waals surface area contributed by atoms with Crippen LogP contribution in [-0.4, -0.2) is 52.0 Å². The van der Waals surface area contributed by atoms with Gasteiger partial charge in [0.15, 0.2) is 0 Å². The second-order valence-electron chi connectivity index (χ2n) is 6.36. The van der Waals surface area contributed by atoms with Crippen molar-refractivity contribution in [3.8, 4) is 11.4 Å². The maximum atomic E-state index is 11.9. The first-order valence-electron chi connectivity index (χ1n) is 8.24. The number of H-pyrrole nitrogens is 1. The Bertz CT molecular complexity index is 688. The maximum Gasteiger partial charge on any atom is 0.251 e. The summed E-state index contributed by atoms with van der Waals surface area (Å²) in [5, 5.41) is 0. The Morgan fingerprint density at radius 2 is 1.83 bits per heavy atom. The average Bonchev–Trinajstić information content (AvgIpc) is 2.55. The number of benzene rings is 1. The maximum absolute atomic E-state index is 11.9. The first-order chi connectivity index (χ1) is 11.1. The number of nitrogens with one attached hydrogen (secondary N) is 1. The van der Waals surface area contributed by atoms with Crippen molar-refractivity contribution < 1.29 is 0 Å². The third-order valence-corrected chi connectivity index (χ3v) is 4.36. The topological polar surface area (TPSA) is 52.2 Å². The zero-order valence-electron chi connectivity index (χ0n) is 13.8. The van der Waals surface area contributed by atoms with Gasteiger partial charge >= 0.3 is 0 Å². The number of rotatable bonds is 4. The minimum Gasteiger partial charge on any atom is -0.307 e. The lowest BCUT2D eigenvalue weighted by Crippen LogP contribution is -2.48. The molecule has 0 amide bonds. The van der Waals surface area contributed by atoms with Crippen molar-refractivity contribution in [1.82, 2.24) is 19.8 Å². The number of nitrogens with zero attached hydrogens (tertiary/aromatic N) is 3. The lowest BCUT2D eigenvalue weighted by Gasteiger charge is -2.36. The highest BCUT2D eigenvalue weighted by atomic mass is 16.1. The summed E-state index contributed by atoms with van der Waals surface area (Å²) in [5.41, 5.74) is 1.69. The zero-order valence-corrected chi connectivity index (χ0v) is 13.8. The number of aromatic amines is 1. The fourth-order valence-corrected chi connectivity index (χ4v) is 2.99. The largest absolute Gasteiger partial charge is 0.307 e. The highest BCUT2D eigenvalue weighted by molar-refractivity contribution is 5.54. The van der Waals surface area contributed by atoms with E-state index in [0.29, 0.717) is 11.9 Å². The molecule has 1 aliphatic heterocycles. The molecule has 5 heteroatoms. The van der Waals surface area contributed by atoms with Crippen molar-refractivity contribution in [1.29, 1.82) is 0 Å². The lowest BCUT2D eigenvalue weighted by atomic mass is 10.2. The normalized spacial score (nSPS) is 16.8. The van der Waals surface area contributed by atoms with E-state index < -0.39 is 0 Å². The monoisotopic (exact) mass is 312 g/mol. The molecule has 5 nitrogen and oxygen atoms in total. The third-order valence-electron chi connectivity index (χ3n) is 4.36. The van der Waals surface area contributed by atoms with Gasteiger partial charge in [0.2, 0.25) is 0 Å². The van der Waals surface area contributed by atoms with Crippen LogP contribution in [0.3, 0.4) is 0 Å². The van der Waals surface area contributed by atoms with E-state index in [2.05, 4.69) is 33.6 Å². The SMILES string of the molecule is CC(C)N1CCN(Cc2cc(=O)[nH]c(-c3ccccc3)n2)CC1. The molecule has 122 valence electrons. The quantitative estimate of drug-likeness (QED) is 0.938. The molecule has 23 heavy (non-hydrogen) atoms. The van der Waals surface area contributed by atoms with Crippen LogP contribution in [0.15, 0.2) is 41.2 Å². The van der Waals surface area contributed by atoms with Gasteiger partial charge in [-0.15, -0.1) is 0 Å². The Balaban J connectivity index is 1.72. The van der Waals surface area contributed by atoms with Crippen LogP contribution >= 0.6 is 0 Å². The summed E-state index contributed by atoms with van der Waals surface area (Å²) < 4.78 is 0. The second kappa shape index (κ2) is 7.06. The Hall–Kier alpha value is -1.98. The Kier molecular flexibility index (Phi) is 4.88. The molecule has 1 aliphatic rings. The molecule has 1 N–H and O–H groups in total. The predicted octanol–water partition coefficient (Wildman–Crippen LogP) is 1.96. The second-order valence-corrected chi connectivity index (χ2v) is 6.36. The van der Waals surface area contributed by atoms with Crippen molar-refractivity contribution in [2.24, 2.45) is 0 Å².